The Balaban J connectivity index is 1.91. The lowest BCUT2D eigenvalue weighted by Crippen LogP contribution is -2.05. The summed E-state index contributed by atoms with van der Waals surface area (Å²) < 4.78 is 5.19. The second-order valence-corrected chi connectivity index (χ2v) is 4.69. The molecule has 2 heterocycles. The monoisotopic (exact) mass is 252 g/mol. The van der Waals surface area contributed by atoms with Crippen LogP contribution in [0.1, 0.15) is 21.1 Å². The summed E-state index contributed by atoms with van der Waals surface area (Å²) in [6.45, 7) is 2.42. The van der Waals surface area contributed by atoms with Crippen LogP contribution in [0, 0.1) is 6.92 Å². The molecule has 5 nitrogen and oxygen atoms in total. The molecule has 17 heavy (non-hydrogen) atoms. The Labute approximate surface area is 102 Å². The number of nitrogens with zero attached hydrogens (tertiary/aromatic N) is 1. The van der Waals surface area contributed by atoms with Crippen LogP contribution in [0.15, 0.2) is 22.8 Å². The molecule has 0 aliphatic rings. The number of aryl methyl sites for hydroxylation is 1. The standard InChI is InChI=1S/C11H12N2O3S/c1-7-9(10(14)15)13-11(17-7)12-5-4-8-3-2-6-16-8/h2-3,6H,4-5H2,1H3,(H,12,13)(H,14,15). The Bertz CT molecular complexity index is 505. The highest BCUT2D eigenvalue weighted by molar-refractivity contribution is 7.15. The summed E-state index contributed by atoms with van der Waals surface area (Å²) in [7, 11) is 0. The second-order valence-electron chi connectivity index (χ2n) is 3.49. The van der Waals surface area contributed by atoms with Crippen LogP contribution in [-0.2, 0) is 6.42 Å². The molecule has 90 valence electrons. The molecule has 0 aliphatic heterocycles. The number of aromatic nitrogens is 1. The van der Waals surface area contributed by atoms with Gasteiger partial charge in [0.1, 0.15) is 5.76 Å². The summed E-state index contributed by atoms with van der Waals surface area (Å²) in [4.78, 5) is 15.5. The molecule has 0 spiro atoms. The third kappa shape index (κ3) is 2.85. The van der Waals surface area contributed by atoms with E-state index in [-0.39, 0.29) is 5.69 Å². The third-order valence-corrected chi connectivity index (χ3v) is 3.16. The number of nitrogens with one attached hydrogen (secondary N) is 1. The molecular formula is C11H12N2O3S. The molecule has 0 aromatic carbocycles. The molecule has 0 bridgehead atoms. The van der Waals surface area contributed by atoms with Crippen LogP contribution in [0.3, 0.4) is 0 Å². The van der Waals surface area contributed by atoms with Crippen molar-refractivity contribution < 1.29 is 14.3 Å². The van der Waals surface area contributed by atoms with Crippen LogP contribution in [0.4, 0.5) is 5.13 Å². The molecule has 0 amide bonds. The van der Waals surface area contributed by atoms with Crippen molar-refractivity contribution in [1.29, 1.82) is 0 Å². The van der Waals surface area contributed by atoms with Crippen LogP contribution in [0.2, 0.25) is 0 Å². The van der Waals surface area contributed by atoms with Gasteiger partial charge in [0.25, 0.3) is 0 Å². The quantitative estimate of drug-likeness (QED) is 0.854. The minimum Gasteiger partial charge on any atom is -0.476 e. The maximum Gasteiger partial charge on any atom is 0.355 e. The van der Waals surface area contributed by atoms with Crippen LogP contribution >= 0.6 is 11.3 Å². The average Bonchev–Trinajstić information content (AvgIpc) is 2.88. The molecule has 0 saturated heterocycles. The Morgan fingerprint density at radius 1 is 1.65 bits per heavy atom. The van der Waals surface area contributed by atoms with E-state index >= 15 is 0 Å². The van der Waals surface area contributed by atoms with Crippen molar-refractivity contribution in [3.63, 3.8) is 0 Å². The zero-order valence-electron chi connectivity index (χ0n) is 9.27. The number of thiazole rings is 1. The van der Waals surface area contributed by atoms with Crippen molar-refractivity contribution in [1.82, 2.24) is 4.98 Å². The van der Waals surface area contributed by atoms with Gasteiger partial charge < -0.3 is 14.8 Å². The molecular weight excluding hydrogens is 240 g/mol. The van der Waals surface area contributed by atoms with Crippen molar-refractivity contribution in [3.05, 3.63) is 34.7 Å². The summed E-state index contributed by atoms with van der Waals surface area (Å²) in [6, 6.07) is 3.74. The van der Waals surface area contributed by atoms with Crippen LogP contribution in [0.5, 0.6) is 0 Å². The van der Waals surface area contributed by atoms with E-state index in [9.17, 15) is 4.79 Å². The zero-order chi connectivity index (χ0) is 12.3. The van der Waals surface area contributed by atoms with Gasteiger partial charge in [-0.05, 0) is 19.1 Å². The van der Waals surface area contributed by atoms with Crippen LogP contribution in [-0.4, -0.2) is 22.6 Å². The van der Waals surface area contributed by atoms with E-state index in [2.05, 4.69) is 10.3 Å². The average molecular weight is 252 g/mol. The highest BCUT2D eigenvalue weighted by atomic mass is 32.1. The lowest BCUT2D eigenvalue weighted by atomic mass is 10.3. The van der Waals surface area contributed by atoms with Gasteiger partial charge in [0.15, 0.2) is 10.8 Å². The highest BCUT2D eigenvalue weighted by Crippen LogP contribution is 2.21. The van der Waals surface area contributed by atoms with Gasteiger partial charge >= 0.3 is 5.97 Å². The maximum absolute atomic E-state index is 10.8. The van der Waals surface area contributed by atoms with Crippen molar-refractivity contribution in [2.75, 3.05) is 11.9 Å². The van der Waals surface area contributed by atoms with Crippen LogP contribution < -0.4 is 5.32 Å². The molecule has 2 N–H and O–H groups in total. The molecule has 0 saturated carbocycles. The normalized spacial score (nSPS) is 10.4. The van der Waals surface area contributed by atoms with E-state index in [4.69, 9.17) is 9.52 Å². The minimum absolute atomic E-state index is 0.121. The summed E-state index contributed by atoms with van der Waals surface area (Å²) in [6.07, 6.45) is 2.37. The molecule has 0 fully saturated rings. The van der Waals surface area contributed by atoms with Crippen molar-refractivity contribution in [2.24, 2.45) is 0 Å². The molecule has 2 aromatic heterocycles. The predicted molar refractivity (Wildman–Crippen MR) is 64.7 cm³/mol. The van der Waals surface area contributed by atoms with Crippen molar-refractivity contribution in [3.8, 4) is 0 Å². The van der Waals surface area contributed by atoms with Gasteiger partial charge in [-0.25, -0.2) is 9.78 Å². The number of carboxylic acids is 1. The number of furan rings is 1. The Morgan fingerprint density at radius 3 is 3.06 bits per heavy atom. The summed E-state index contributed by atoms with van der Waals surface area (Å²) in [5, 5.41) is 12.6. The topological polar surface area (TPSA) is 75.4 Å². The molecule has 6 heteroatoms. The van der Waals surface area contributed by atoms with E-state index in [1.54, 1.807) is 13.2 Å². The van der Waals surface area contributed by atoms with E-state index in [0.29, 0.717) is 16.6 Å². The Hall–Kier alpha value is -1.82. The van der Waals surface area contributed by atoms with E-state index < -0.39 is 5.97 Å². The van der Waals surface area contributed by atoms with Gasteiger partial charge in [-0.1, -0.05) is 0 Å². The van der Waals surface area contributed by atoms with E-state index in [0.717, 1.165) is 12.2 Å². The zero-order valence-corrected chi connectivity index (χ0v) is 10.1. The van der Waals surface area contributed by atoms with Gasteiger partial charge in [-0.15, -0.1) is 11.3 Å². The molecule has 0 radical (unpaired) electrons. The number of hydrogen-bond donors (Lipinski definition) is 2. The lowest BCUT2D eigenvalue weighted by molar-refractivity contribution is 0.0690. The van der Waals surface area contributed by atoms with Gasteiger partial charge in [0, 0.05) is 17.8 Å². The number of carboxylic acid groups (broad SMARTS) is 1. The first-order valence-corrected chi connectivity index (χ1v) is 5.95. The lowest BCUT2D eigenvalue weighted by Gasteiger charge is -1.99. The first-order valence-electron chi connectivity index (χ1n) is 5.14. The molecule has 0 unspecified atom stereocenters. The molecule has 2 rings (SSSR count). The summed E-state index contributed by atoms with van der Waals surface area (Å²) in [5.74, 6) is -0.0953. The smallest absolute Gasteiger partial charge is 0.355 e. The number of carbonyl (C=O) groups is 1. The van der Waals surface area contributed by atoms with Gasteiger partial charge in [-0.2, -0.15) is 0 Å². The predicted octanol–water partition coefficient (Wildman–Crippen LogP) is 2.40. The summed E-state index contributed by atoms with van der Waals surface area (Å²) in [5.41, 5.74) is 0.121. The van der Waals surface area contributed by atoms with E-state index in [1.807, 2.05) is 12.1 Å². The summed E-state index contributed by atoms with van der Waals surface area (Å²) >= 11 is 1.35. The third-order valence-electron chi connectivity index (χ3n) is 2.23. The van der Waals surface area contributed by atoms with E-state index in [1.165, 1.54) is 11.3 Å². The number of anilines is 1. The largest absolute Gasteiger partial charge is 0.476 e. The van der Waals surface area contributed by atoms with Crippen molar-refractivity contribution in [2.45, 2.75) is 13.3 Å². The fourth-order valence-electron chi connectivity index (χ4n) is 1.42. The van der Waals surface area contributed by atoms with Crippen molar-refractivity contribution >= 4 is 22.4 Å². The van der Waals surface area contributed by atoms with Gasteiger partial charge in [0.05, 0.1) is 6.26 Å². The van der Waals surface area contributed by atoms with Crippen LogP contribution in [0.25, 0.3) is 0 Å². The minimum atomic E-state index is -0.988. The highest BCUT2D eigenvalue weighted by Gasteiger charge is 2.13. The maximum atomic E-state index is 10.8. The Kier molecular flexibility index (Phi) is 3.43. The second kappa shape index (κ2) is 5.01. The number of aromatic carboxylic acids is 1. The fourth-order valence-corrected chi connectivity index (χ4v) is 2.25. The van der Waals surface area contributed by atoms with Gasteiger partial charge in [-0.3, -0.25) is 0 Å². The first kappa shape index (κ1) is 11.7. The number of rotatable bonds is 5. The van der Waals surface area contributed by atoms with Gasteiger partial charge in [0.2, 0.25) is 0 Å². The molecule has 0 aliphatic carbocycles. The Morgan fingerprint density at radius 2 is 2.47 bits per heavy atom. The number of hydrogen-bond acceptors (Lipinski definition) is 5. The SMILES string of the molecule is Cc1sc(NCCc2ccco2)nc1C(=O)O. The first-order chi connectivity index (χ1) is 8.16. The molecule has 0 atom stereocenters. The molecule has 2 aromatic rings. The fraction of sp³-hybridized carbons (Fsp3) is 0.273.